The molecule has 0 saturated heterocycles. The molecule has 1 aromatic heterocycles. The Morgan fingerprint density at radius 1 is 1.27 bits per heavy atom. The molecular formula is C24H31F3N4O5Y. The van der Waals surface area contributed by atoms with Gasteiger partial charge in [-0.2, -0.15) is 13.2 Å². The van der Waals surface area contributed by atoms with E-state index in [1.807, 2.05) is 18.9 Å². The van der Waals surface area contributed by atoms with E-state index in [0.29, 0.717) is 37.2 Å². The summed E-state index contributed by atoms with van der Waals surface area (Å²) in [7, 11) is 1.89. The molecule has 13 heteroatoms. The normalized spacial score (nSPS) is 16.3. The summed E-state index contributed by atoms with van der Waals surface area (Å²) < 4.78 is 49.4. The zero-order valence-electron chi connectivity index (χ0n) is 21.0. The largest absolute Gasteiger partial charge is 0.490 e. The zero-order chi connectivity index (χ0) is 26.7. The van der Waals surface area contributed by atoms with E-state index in [4.69, 9.17) is 9.84 Å². The molecule has 0 amide bonds. The Morgan fingerprint density at radius 2 is 1.95 bits per heavy atom. The van der Waals surface area contributed by atoms with E-state index in [1.54, 1.807) is 6.92 Å². The van der Waals surface area contributed by atoms with Crippen LogP contribution < -0.4 is 15.0 Å². The monoisotopic (exact) mass is 601 g/mol. The standard InChI is InChI=1S/C21H25F3N4O3.C3H6O2.Y/c1-3-14-10-17(16-9-13(21(22,23)24)6-7-18(16)28(14)2)27-20-25-11-15(12-26-20)31-8-4-5-19(29)30;1-2-5-3-4;/h6-7,9,11-12,14,17H,3-5,8,10H2,1-2H3,(H,29,30)(H,25,26,27);3H,2H2,1H3;/t14-,17?;;/m1../s1. The van der Waals surface area contributed by atoms with Gasteiger partial charge in [0.1, 0.15) is 0 Å². The summed E-state index contributed by atoms with van der Waals surface area (Å²) in [5, 5.41) is 11.8. The van der Waals surface area contributed by atoms with Gasteiger partial charge in [0.25, 0.3) is 6.47 Å². The Labute approximate surface area is 239 Å². The minimum Gasteiger partial charge on any atom is -0.490 e. The molecule has 201 valence electrons. The molecule has 1 aromatic carbocycles. The van der Waals surface area contributed by atoms with E-state index in [-0.39, 0.29) is 63.8 Å². The summed E-state index contributed by atoms with van der Waals surface area (Å²) >= 11 is 0. The van der Waals surface area contributed by atoms with Gasteiger partial charge in [0.15, 0.2) is 5.75 Å². The van der Waals surface area contributed by atoms with E-state index >= 15 is 0 Å². The van der Waals surface area contributed by atoms with Gasteiger partial charge in [0, 0.05) is 57.9 Å². The maximum atomic E-state index is 13.3. The molecule has 1 aliphatic rings. The number of carboxylic acids is 1. The van der Waals surface area contributed by atoms with Crippen molar-refractivity contribution in [2.75, 3.05) is 30.5 Å². The molecule has 0 aliphatic carbocycles. The van der Waals surface area contributed by atoms with E-state index < -0.39 is 17.7 Å². The number of hydrogen-bond donors (Lipinski definition) is 2. The minimum absolute atomic E-state index is 0. The number of fused-ring (bicyclic) bond motifs is 1. The first kappa shape index (κ1) is 32.6. The molecule has 2 atom stereocenters. The molecule has 0 spiro atoms. The molecule has 37 heavy (non-hydrogen) atoms. The number of alkyl halides is 3. The van der Waals surface area contributed by atoms with Gasteiger partial charge in [0.2, 0.25) is 5.95 Å². The summed E-state index contributed by atoms with van der Waals surface area (Å²) in [4.78, 5) is 30.1. The van der Waals surface area contributed by atoms with Crippen molar-refractivity contribution in [2.45, 2.75) is 57.8 Å². The van der Waals surface area contributed by atoms with E-state index in [2.05, 4.69) is 20.0 Å². The Hall–Kier alpha value is -2.47. The van der Waals surface area contributed by atoms with Crippen molar-refractivity contribution >= 4 is 24.1 Å². The van der Waals surface area contributed by atoms with Gasteiger partial charge in [-0.25, -0.2) is 9.97 Å². The van der Waals surface area contributed by atoms with Gasteiger partial charge in [-0.05, 0) is 49.9 Å². The van der Waals surface area contributed by atoms with Crippen LogP contribution in [0.25, 0.3) is 0 Å². The second kappa shape index (κ2) is 15.7. The van der Waals surface area contributed by atoms with Crippen LogP contribution >= 0.6 is 0 Å². The van der Waals surface area contributed by atoms with Crippen molar-refractivity contribution in [1.82, 2.24) is 9.97 Å². The average molecular weight is 601 g/mol. The third-order valence-corrected chi connectivity index (χ3v) is 5.61. The van der Waals surface area contributed by atoms with E-state index in [9.17, 15) is 22.8 Å². The number of aromatic nitrogens is 2. The molecule has 2 aromatic rings. The Balaban J connectivity index is 0.00000104. The number of halogens is 3. The van der Waals surface area contributed by atoms with Gasteiger partial charge in [0.05, 0.1) is 37.2 Å². The first-order valence-corrected chi connectivity index (χ1v) is 11.5. The molecule has 9 nitrogen and oxygen atoms in total. The number of anilines is 2. The van der Waals surface area contributed by atoms with Gasteiger partial charge in [-0.1, -0.05) is 6.92 Å². The van der Waals surface area contributed by atoms with Crippen molar-refractivity contribution < 1.29 is 70.0 Å². The van der Waals surface area contributed by atoms with Gasteiger partial charge >= 0.3 is 12.1 Å². The molecule has 1 radical (unpaired) electrons. The topological polar surface area (TPSA) is 114 Å². The van der Waals surface area contributed by atoms with Gasteiger partial charge < -0.3 is 24.8 Å². The van der Waals surface area contributed by atoms with Crippen molar-refractivity contribution in [3.05, 3.63) is 41.7 Å². The number of carbonyl (C=O) groups excluding carboxylic acids is 1. The smallest absolute Gasteiger partial charge is 0.416 e. The summed E-state index contributed by atoms with van der Waals surface area (Å²) in [5.74, 6) is -0.215. The fraction of sp³-hybridized carbons (Fsp3) is 0.500. The molecule has 1 unspecified atom stereocenters. The van der Waals surface area contributed by atoms with Crippen LogP contribution in [0.5, 0.6) is 5.75 Å². The van der Waals surface area contributed by atoms with Crippen LogP contribution in [0.1, 0.15) is 56.7 Å². The predicted molar refractivity (Wildman–Crippen MR) is 127 cm³/mol. The van der Waals surface area contributed by atoms with Crippen LogP contribution in [0.3, 0.4) is 0 Å². The molecule has 0 bridgehead atoms. The van der Waals surface area contributed by atoms with E-state index in [0.717, 1.165) is 18.2 Å². The molecule has 3 rings (SSSR count). The molecular weight excluding hydrogens is 570 g/mol. The average Bonchev–Trinajstić information content (AvgIpc) is 2.84. The molecule has 1 aliphatic heterocycles. The predicted octanol–water partition coefficient (Wildman–Crippen LogP) is 4.69. The van der Waals surface area contributed by atoms with Crippen LogP contribution in [0.15, 0.2) is 30.6 Å². The summed E-state index contributed by atoms with van der Waals surface area (Å²) in [6.07, 6.45) is 0.314. The van der Waals surface area contributed by atoms with Crippen molar-refractivity contribution in [1.29, 1.82) is 0 Å². The van der Waals surface area contributed by atoms with Gasteiger partial charge in [-0.15, -0.1) is 0 Å². The second-order valence-corrected chi connectivity index (χ2v) is 8.02. The number of rotatable bonds is 10. The van der Waals surface area contributed by atoms with Crippen molar-refractivity contribution in [3.63, 3.8) is 0 Å². The SMILES string of the molecule is CCOC=O.CC[C@@H]1CC(Nc2ncc(OCCCC(=O)O)cn2)c2cc(C(F)(F)F)ccc2N1C.[Y]. The Morgan fingerprint density at radius 3 is 2.46 bits per heavy atom. The van der Waals surface area contributed by atoms with Gasteiger partial charge in [-0.3, -0.25) is 9.59 Å². The maximum absolute atomic E-state index is 13.3. The summed E-state index contributed by atoms with van der Waals surface area (Å²) in [5.41, 5.74) is 0.619. The van der Waals surface area contributed by atoms with Crippen molar-refractivity contribution in [3.8, 4) is 5.75 Å². The summed E-state index contributed by atoms with van der Waals surface area (Å²) in [6.45, 7) is 4.93. The molecule has 2 heterocycles. The molecule has 0 saturated carbocycles. The van der Waals surface area contributed by atoms with Crippen LogP contribution in [0, 0.1) is 0 Å². The summed E-state index contributed by atoms with van der Waals surface area (Å²) in [6, 6.07) is 3.61. The fourth-order valence-corrected chi connectivity index (χ4v) is 3.76. The first-order valence-electron chi connectivity index (χ1n) is 11.5. The first-order chi connectivity index (χ1) is 17.1. The van der Waals surface area contributed by atoms with Crippen LogP contribution in [-0.4, -0.2) is 53.8 Å². The number of nitrogens with zero attached hydrogens (tertiary/aromatic N) is 3. The molecule has 0 fully saturated rings. The fourth-order valence-electron chi connectivity index (χ4n) is 3.76. The minimum atomic E-state index is -4.42. The van der Waals surface area contributed by atoms with E-state index in [1.165, 1.54) is 24.5 Å². The van der Waals surface area contributed by atoms with Crippen molar-refractivity contribution in [2.24, 2.45) is 0 Å². The molecule has 2 N–H and O–H groups in total. The third-order valence-electron chi connectivity index (χ3n) is 5.61. The van der Waals surface area contributed by atoms with Crippen LogP contribution in [-0.2, 0) is 53.2 Å². The number of ether oxygens (including phenoxy) is 2. The number of aliphatic carboxylic acids is 1. The Kier molecular flexibility index (Phi) is 13.8. The van der Waals surface area contributed by atoms with Crippen LogP contribution in [0.2, 0.25) is 0 Å². The number of hydrogen-bond acceptors (Lipinski definition) is 8. The quantitative estimate of drug-likeness (QED) is 0.296. The second-order valence-electron chi connectivity index (χ2n) is 8.02. The number of benzene rings is 1. The maximum Gasteiger partial charge on any atom is 0.416 e. The number of nitrogens with one attached hydrogen (secondary N) is 1. The van der Waals surface area contributed by atoms with Crippen LogP contribution in [0.4, 0.5) is 24.8 Å². The third kappa shape index (κ3) is 10.1. The Bertz CT molecular complexity index is 995. The zero-order valence-corrected chi connectivity index (χ0v) is 23.8. The number of carbonyl (C=O) groups is 2. The number of carboxylic acid groups (broad SMARTS) is 1.